The maximum Gasteiger partial charge on any atom is 0.290 e. The Hall–Kier alpha value is -1.92. The Morgan fingerprint density at radius 3 is 2.89 bits per heavy atom. The van der Waals surface area contributed by atoms with Crippen LogP contribution in [0.3, 0.4) is 0 Å². The number of carbonyl (C=O) groups is 1. The van der Waals surface area contributed by atoms with E-state index in [0.717, 1.165) is 6.42 Å². The molecule has 0 saturated heterocycles. The average Bonchev–Trinajstić information content (AvgIpc) is 3.22. The lowest BCUT2D eigenvalue weighted by Gasteiger charge is -2.39. The van der Waals surface area contributed by atoms with Crippen LogP contribution < -0.4 is 5.32 Å². The number of nitrogens with one attached hydrogen (secondary N) is 1. The van der Waals surface area contributed by atoms with Crippen LogP contribution in [-0.2, 0) is 14.3 Å². The number of hydrogen-bond donors (Lipinski definition) is 2. The van der Waals surface area contributed by atoms with Crippen LogP contribution in [0.2, 0.25) is 0 Å². The van der Waals surface area contributed by atoms with Crippen molar-refractivity contribution < 1.29 is 19.4 Å². The van der Waals surface area contributed by atoms with Crippen LogP contribution in [0, 0.1) is 17.8 Å². The maximum absolute atomic E-state index is 12.8. The van der Waals surface area contributed by atoms with Gasteiger partial charge in [0, 0.05) is 25.3 Å². The fourth-order valence-corrected chi connectivity index (χ4v) is 4.30. The molecule has 3 atom stereocenters. The second kappa shape index (κ2) is 9.85. The van der Waals surface area contributed by atoms with Crippen LogP contribution in [0.1, 0.15) is 45.4 Å². The second-order valence-electron chi connectivity index (χ2n) is 7.32. The zero-order valence-electron chi connectivity index (χ0n) is 16.0. The van der Waals surface area contributed by atoms with E-state index >= 15 is 0 Å². The number of rotatable bonds is 8. The van der Waals surface area contributed by atoms with Crippen molar-refractivity contribution in [3.8, 4) is 0 Å². The Labute approximate surface area is 161 Å². The lowest BCUT2D eigenvalue weighted by Crippen LogP contribution is -2.40. The highest BCUT2D eigenvalue weighted by Gasteiger charge is 2.41. The van der Waals surface area contributed by atoms with E-state index in [1.54, 1.807) is 24.5 Å². The van der Waals surface area contributed by atoms with Crippen molar-refractivity contribution in [3.05, 3.63) is 36.4 Å². The molecular weight excluding hydrogens is 344 g/mol. The van der Waals surface area contributed by atoms with E-state index in [-0.39, 0.29) is 24.3 Å². The highest BCUT2D eigenvalue weighted by atomic mass is 16.7. The fourth-order valence-electron chi connectivity index (χ4n) is 4.30. The van der Waals surface area contributed by atoms with Crippen LogP contribution in [0.15, 0.2) is 36.4 Å². The van der Waals surface area contributed by atoms with Crippen molar-refractivity contribution in [1.29, 1.82) is 0 Å². The predicted octanol–water partition coefficient (Wildman–Crippen LogP) is 3.49. The Balaban J connectivity index is 1.82. The third kappa shape index (κ3) is 5.08. The topological polar surface area (TPSA) is 80.7 Å². The highest BCUT2D eigenvalue weighted by Crippen LogP contribution is 2.43. The van der Waals surface area contributed by atoms with Crippen LogP contribution in [0.4, 0.5) is 5.69 Å². The third-order valence-electron chi connectivity index (χ3n) is 5.54. The molecule has 2 N–H and O–H groups in total. The predicted molar refractivity (Wildman–Crippen MR) is 103 cm³/mol. The lowest BCUT2D eigenvalue weighted by molar-refractivity contribution is -0.174. The number of hydrogen-bond acceptors (Lipinski definition) is 5. The van der Waals surface area contributed by atoms with E-state index in [9.17, 15) is 9.90 Å². The smallest absolute Gasteiger partial charge is 0.290 e. The van der Waals surface area contributed by atoms with E-state index in [4.69, 9.17) is 9.47 Å². The Morgan fingerprint density at radius 1 is 1.41 bits per heavy atom. The molecule has 1 aliphatic heterocycles. The molecule has 1 aliphatic carbocycles. The number of nitrogens with zero attached hydrogens (tertiary/aromatic N) is 1. The molecule has 148 valence electrons. The van der Waals surface area contributed by atoms with Crippen molar-refractivity contribution in [2.75, 3.05) is 18.5 Å². The number of allylic oxidation sites excluding steroid dienone is 1. The summed E-state index contributed by atoms with van der Waals surface area (Å²) in [5, 5.41) is 12.2. The lowest BCUT2D eigenvalue weighted by atomic mass is 9.76. The van der Waals surface area contributed by atoms with Gasteiger partial charge in [-0.1, -0.05) is 12.8 Å². The first kappa shape index (κ1) is 19.8. The summed E-state index contributed by atoms with van der Waals surface area (Å²) in [7, 11) is 0. The number of aromatic nitrogens is 1. The molecule has 2 heterocycles. The Bertz CT molecular complexity index is 628. The fraction of sp³-hybridized carbons (Fsp3) is 0.619. The zero-order valence-corrected chi connectivity index (χ0v) is 16.0. The monoisotopic (exact) mass is 374 g/mol. The van der Waals surface area contributed by atoms with Crippen molar-refractivity contribution in [1.82, 2.24) is 4.98 Å². The Morgan fingerprint density at radius 2 is 2.22 bits per heavy atom. The first-order valence-electron chi connectivity index (χ1n) is 10.0. The number of amides is 1. The first-order chi connectivity index (χ1) is 13.2. The van der Waals surface area contributed by atoms with Gasteiger partial charge in [-0.25, -0.2) is 0 Å². The van der Waals surface area contributed by atoms with Gasteiger partial charge in [0.15, 0.2) is 5.76 Å². The molecule has 2 aliphatic rings. The molecular formula is C21H30N2O4. The van der Waals surface area contributed by atoms with Crippen LogP contribution in [0.5, 0.6) is 0 Å². The summed E-state index contributed by atoms with van der Waals surface area (Å²) in [6.07, 6.45) is 11.2. The van der Waals surface area contributed by atoms with Crippen molar-refractivity contribution >= 4 is 11.6 Å². The van der Waals surface area contributed by atoms with Gasteiger partial charge in [0.25, 0.3) is 5.91 Å². The molecule has 1 aromatic rings. The normalized spacial score (nSPS) is 25.7. The summed E-state index contributed by atoms with van der Waals surface area (Å²) in [5.41, 5.74) is 0.639. The van der Waals surface area contributed by atoms with E-state index in [1.807, 2.05) is 13.0 Å². The number of aliphatic hydroxyl groups is 1. The number of anilines is 1. The summed E-state index contributed by atoms with van der Waals surface area (Å²) in [4.78, 5) is 16.8. The van der Waals surface area contributed by atoms with Crippen molar-refractivity contribution in [3.63, 3.8) is 0 Å². The molecule has 1 amide bonds. The van der Waals surface area contributed by atoms with Gasteiger partial charge in [-0.3, -0.25) is 9.78 Å². The summed E-state index contributed by atoms with van der Waals surface area (Å²) in [6, 6.07) is 3.58. The van der Waals surface area contributed by atoms with Crippen LogP contribution in [-0.4, -0.2) is 35.5 Å². The first-order valence-corrected chi connectivity index (χ1v) is 10.0. The molecule has 0 unspecified atom stereocenters. The number of pyridine rings is 1. The molecule has 6 nitrogen and oxygen atoms in total. The minimum Gasteiger partial charge on any atom is -0.459 e. The summed E-state index contributed by atoms with van der Waals surface area (Å²) >= 11 is 0. The second-order valence-corrected chi connectivity index (χ2v) is 7.32. The van der Waals surface area contributed by atoms with Gasteiger partial charge >= 0.3 is 0 Å². The van der Waals surface area contributed by atoms with Gasteiger partial charge in [-0.05, 0) is 62.7 Å². The van der Waals surface area contributed by atoms with E-state index in [1.165, 1.54) is 25.7 Å². The minimum atomic E-state index is -0.452. The zero-order chi connectivity index (χ0) is 19.1. The molecule has 1 saturated carbocycles. The quantitative estimate of drug-likeness (QED) is 0.728. The maximum atomic E-state index is 12.8. The van der Waals surface area contributed by atoms with E-state index in [2.05, 4.69) is 10.3 Å². The summed E-state index contributed by atoms with van der Waals surface area (Å²) < 4.78 is 11.9. The van der Waals surface area contributed by atoms with E-state index < -0.39 is 6.29 Å². The van der Waals surface area contributed by atoms with Gasteiger partial charge in [0.2, 0.25) is 6.29 Å². The van der Waals surface area contributed by atoms with Crippen LogP contribution >= 0.6 is 0 Å². The average molecular weight is 374 g/mol. The van der Waals surface area contributed by atoms with Gasteiger partial charge in [-0.2, -0.15) is 0 Å². The minimum absolute atomic E-state index is 0.158. The molecule has 0 aromatic carbocycles. The van der Waals surface area contributed by atoms with E-state index in [0.29, 0.717) is 30.4 Å². The molecule has 3 rings (SSSR count). The molecule has 27 heavy (non-hydrogen) atoms. The largest absolute Gasteiger partial charge is 0.459 e. The molecule has 0 spiro atoms. The van der Waals surface area contributed by atoms with Crippen molar-refractivity contribution in [2.24, 2.45) is 17.8 Å². The van der Waals surface area contributed by atoms with Gasteiger partial charge in [0.1, 0.15) is 0 Å². The molecule has 0 bridgehead atoms. The summed E-state index contributed by atoms with van der Waals surface area (Å²) in [6.45, 7) is 2.62. The third-order valence-corrected chi connectivity index (χ3v) is 5.54. The molecule has 6 heteroatoms. The van der Waals surface area contributed by atoms with Gasteiger partial charge in [0.05, 0.1) is 11.9 Å². The molecule has 1 fully saturated rings. The standard InChI is InChI=1S/C21H30N2O4/c1-2-26-21-17(10-6-12-24)18(15-7-3-4-8-15)13-19(27-21)20(25)23-16-9-5-11-22-14-16/h5,9,11,13-15,17-18,21,24H,2-4,6-8,10,12H2,1H3,(H,23,25)/t17-,18-,21-/m1/s1. The number of aliphatic hydroxyl groups excluding tert-OH is 1. The van der Waals surface area contributed by atoms with Gasteiger partial charge in [-0.15, -0.1) is 0 Å². The number of ether oxygens (including phenoxy) is 2. The molecule has 1 aromatic heterocycles. The molecule has 0 radical (unpaired) electrons. The van der Waals surface area contributed by atoms with Crippen LogP contribution in [0.25, 0.3) is 0 Å². The SMILES string of the molecule is CCO[C@@H]1OC(C(=O)Nc2cccnc2)=C[C@H](C2CCCC2)[C@H]1CCCO. The number of carbonyl (C=O) groups excluding carboxylic acids is 1. The Kier molecular flexibility index (Phi) is 7.24. The van der Waals surface area contributed by atoms with Gasteiger partial charge < -0.3 is 19.9 Å². The van der Waals surface area contributed by atoms with Crippen molar-refractivity contribution in [2.45, 2.75) is 51.7 Å². The summed E-state index contributed by atoms with van der Waals surface area (Å²) in [5.74, 6) is 1.00. The highest BCUT2D eigenvalue weighted by molar-refractivity contribution is 6.02.